The lowest BCUT2D eigenvalue weighted by molar-refractivity contribution is -0.277. The van der Waals surface area contributed by atoms with Crippen LogP contribution in [0, 0.1) is 0 Å². The van der Waals surface area contributed by atoms with Crippen LogP contribution in [0.5, 0.6) is 23.0 Å². The number of fused-ring (bicyclic) bond motifs is 1. The number of hydrogen-bond acceptors (Lipinski definition) is 11. The maximum Gasteiger partial charge on any atom is 0.229 e. The van der Waals surface area contributed by atoms with Crippen molar-refractivity contribution in [1.29, 1.82) is 0 Å². The summed E-state index contributed by atoms with van der Waals surface area (Å²) in [4.78, 5) is 13.1. The van der Waals surface area contributed by atoms with Gasteiger partial charge < -0.3 is 48.9 Å². The Morgan fingerprint density at radius 3 is 2.32 bits per heavy atom. The van der Waals surface area contributed by atoms with Crippen molar-refractivity contribution < 1.29 is 48.9 Å². The molecule has 2 heterocycles. The Morgan fingerprint density at radius 1 is 1.00 bits per heavy atom. The van der Waals surface area contributed by atoms with Crippen LogP contribution in [-0.4, -0.2) is 77.1 Å². The minimum absolute atomic E-state index is 0.00252. The van der Waals surface area contributed by atoms with Gasteiger partial charge in [0, 0.05) is 6.07 Å². The van der Waals surface area contributed by atoms with Gasteiger partial charge >= 0.3 is 0 Å². The normalized spacial score (nSPS) is 24.7. The number of aromatic hydroxyl groups is 1. The van der Waals surface area contributed by atoms with Crippen molar-refractivity contribution >= 4 is 11.0 Å². The zero-order valence-electron chi connectivity index (χ0n) is 18.2. The van der Waals surface area contributed by atoms with E-state index in [1.807, 2.05) is 0 Å². The van der Waals surface area contributed by atoms with E-state index < -0.39 is 48.5 Å². The molecule has 5 N–H and O–H groups in total. The lowest BCUT2D eigenvalue weighted by Gasteiger charge is -2.39. The third-order valence-electron chi connectivity index (χ3n) is 5.65. The molecule has 0 aliphatic carbocycles. The Bertz CT molecular complexity index is 1220. The van der Waals surface area contributed by atoms with Crippen molar-refractivity contribution in [2.75, 3.05) is 20.8 Å². The van der Waals surface area contributed by atoms with Crippen molar-refractivity contribution in [3.8, 4) is 34.1 Å². The SMILES string of the molecule is COc1cc2occ(-c3ccc(O[C@@H]4O[C@@H](CO)[C@H](O)[C@@H](O)[C@@H]4O)cc3)c(=O)c2c(O)c1OC. The van der Waals surface area contributed by atoms with E-state index in [2.05, 4.69) is 0 Å². The standard InChI is InChI=1S/C23H24O11/c1-30-14-7-13-16(19(27)22(14)31-2)17(25)12(9-32-13)10-3-5-11(6-4-10)33-23-21(29)20(28)18(26)15(8-24)34-23/h3-7,9,15,18,20-21,23-24,26-29H,8H2,1-2H3/t15-,18-,20+,21-,23+/m0/s1. The highest BCUT2D eigenvalue weighted by atomic mass is 16.7. The predicted octanol–water partition coefficient (Wildman–Crippen LogP) is 0.361. The first-order valence-corrected chi connectivity index (χ1v) is 10.3. The van der Waals surface area contributed by atoms with Gasteiger partial charge in [-0.25, -0.2) is 0 Å². The second-order valence-corrected chi connectivity index (χ2v) is 7.65. The minimum atomic E-state index is -1.57. The molecule has 3 aromatic rings. The third-order valence-corrected chi connectivity index (χ3v) is 5.65. The van der Waals surface area contributed by atoms with E-state index >= 15 is 0 Å². The fourth-order valence-corrected chi connectivity index (χ4v) is 3.79. The molecule has 0 saturated carbocycles. The topological polar surface area (TPSA) is 168 Å². The minimum Gasteiger partial charge on any atom is -0.504 e. The number of aliphatic hydroxyl groups is 4. The highest BCUT2D eigenvalue weighted by Gasteiger charge is 2.44. The van der Waals surface area contributed by atoms with E-state index in [-0.39, 0.29) is 33.8 Å². The van der Waals surface area contributed by atoms with E-state index in [1.54, 1.807) is 12.1 Å². The summed E-state index contributed by atoms with van der Waals surface area (Å²) < 4.78 is 26.7. The van der Waals surface area contributed by atoms with E-state index in [0.717, 1.165) is 0 Å². The molecule has 5 atom stereocenters. The largest absolute Gasteiger partial charge is 0.504 e. The van der Waals surface area contributed by atoms with Gasteiger partial charge in [0.2, 0.25) is 17.5 Å². The van der Waals surface area contributed by atoms with Crippen LogP contribution >= 0.6 is 0 Å². The summed E-state index contributed by atoms with van der Waals surface area (Å²) >= 11 is 0. The number of phenolic OH excluding ortho intramolecular Hbond substituents is 1. The number of benzene rings is 2. The smallest absolute Gasteiger partial charge is 0.229 e. The highest BCUT2D eigenvalue weighted by Crippen LogP contribution is 2.41. The molecule has 2 aromatic carbocycles. The maximum absolute atomic E-state index is 13.1. The van der Waals surface area contributed by atoms with E-state index in [0.29, 0.717) is 5.56 Å². The Hall–Kier alpha value is -3.35. The average molecular weight is 476 g/mol. The second-order valence-electron chi connectivity index (χ2n) is 7.65. The lowest BCUT2D eigenvalue weighted by atomic mass is 9.99. The number of rotatable bonds is 6. The Balaban J connectivity index is 1.63. The molecular weight excluding hydrogens is 452 g/mol. The number of phenols is 1. The van der Waals surface area contributed by atoms with Crippen molar-refractivity contribution in [2.24, 2.45) is 0 Å². The van der Waals surface area contributed by atoms with Gasteiger partial charge in [0.05, 0.1) is 26.4 Å². The van der Waals surface area contributed by atoms with Gasteiger partial charge in [-0.2, -0.15) is 0 Å². The van der Waals surface area contributed by atoms with Crippen LogP contribution in [0.4, 0.5) is 0 Å². The lowest BCUT2D eigenvalue weighted by Crippen LogP contribution is -2.60. The molecule has 11 nitrogen and oxygen atoms in total. The molecule has 1 aliphatic rings. The van der Waals surface area contributed by atoms with Crippen LogP contribution in [-0.2, 0) is 4.74 Å². The molecule has 0 unspecified atom stereocenters. The molecule has 182 valence electrons. The molecule has 1 aromatic heterocycles. The summed E-state index contributed by atoms with van der Waals surface area (Å²) in [5.41, 5.74) is 0.231. The molecule has 0 spiro atoms. The molecule has 1 fully saturated rings. The van der Waals surface area contributed by atoms with Crippen LogP contribution < -0.4 is 19.6 Å². The van der Waals surface area contributed by atoms with Gasteiger partial charge in [-0.1, -0.05) is 12.1 Å². The number of methoxy groups -OCH3 is 2. The Kier molecular flexibility index (Phi) is 6.64. The van der Waals surface area contributed by atoms with Crippen LogP contribution in [0.25, 0.3) is 22.1 Å². The predicted molar refractivity (Wildman–Crippen MR) is 117 cm³/mol. The van der Waals surface area contributed by atoms with Gasteiger partial charge in [-0.3, -0.25) is 4.79 Å². The molecule has 0 amide bonds. The zero-order valence-corrected chi connectivity index (χ0v) is 18.2. The fourth-order valence-electron chi connectivity index (χ4n) is 3.79. The summed E-state index contributed by atoms with van der Waals surface area (Å²) in [7, 11) is 2.73. The van der Waals surface area contributed by atoms with E-state index in [1.165, 1.54) is 38.7 Å². The molecule has 0 bridgehead atoms. The zero-order chi connectivity index (χ0) is 24.6. The summed E-state index contributed by atoms with van der Waals surface area (Å²) in [5, 5.41) is 49.7. The van der Waals surface area contributed by atoms with Crippen LogP contribution in [0.3, 0.4) is 0 Å². The molecule has 1 saturated heterocycles. The van der Waals surface area contributed by atoms with Crippen molar-refractivity contribution in [2.45, 2.75) is 30.7 Å². The number of ether oxygens (including phenoxy) is 4. The van der Waals surface area contributed by atoms with Gasteiger partial charge in [0.1, 0.15) is 47.4 Å². The van der Waals surface area contributed by atoms with Crippen molar-refractivity contribution in [1.82, 2.24) is 0 Å². The van der Waals surface area contributed by atoms with Crippen molar-refractivity contribution in [3.63, 3.8) is 0 Å². The third kappa shape index (κ3) is 4.04. The first kappa shape index (κ1) is 23.8. The summed E-state index contributed by atoms with van der Waals surface area (Å²) in [6.45, 7) is -0.578. The van der Waals surface area contributed by atoms with Crippen LogP contribution in [0.1, 0.15) is 0 Å². The summed E-state index contributed by atoms with van der Waals surface area (Å²) in [5.74, 6) is 0.0309. The fraction of sp³-hybridized carbons (Fsp3) is 0.348. The molecule has 0 radical (unpaired) electrons. The highest BCUT2D eigenvalue weighted by molar-refractivity contribution is 5.91. The van der Waals surface area contributed by atoms with Gasteiger partial charge in [0.15, 0.2) is 11.5 Å². The first-order valence-electron chi connectivity index (χ1n) is 10.3. The summed E-state index contributed by atoms with van der Waals surface area (Å²) in [6.07, 6.45) is -5.81. The molecule has 34 heavy (non-hydrogen) atoms. The Labute approximate surface area is 192 Å². The molecule has 1 aliphatic heterocycles. The maximum atomic E-state index is 13.1. The molecule has 4 rings (SSSR count). The van der Waals surface area contributed by atoms with Crippen LogP contribution in [0.2, 0.25) is 0 Å². The Morgan fingerprint density at radius 2 is 1.71 bits per heavy atom. The van der Waals surface area contributed by atoms with Gasteiger partial charge in [0.25, 0.3) is 0 Å². The average Bonchev–Trinajstić information content (AvgIpc) is 2.84. The quantitative estimate of drug-likeness (QED) is 0.333. The second kappa shape index (κ2) is 9.49. The van der Waals surface area contributed by atoms with Gasteiger partial charge in [-0.05, 0) is 17.7 Å². The number of aliphatic hydroxyl groups excluding tert-OH is 4. The summed E-state index contributed by atoms with van der Waals surface area (Å²) in [6, 6.07) is 7.53. The molecule has 11 heteroatoms. The van der Waals surface area contributed by atoms with Crippen molar-refractivity contribution in [3.05, 3.63) is 46.8 Å². The van der Waals surface area contributed by atoms with Gasteiger partial charge in [-0.15, -0.1) is 0 Å². The van der Waals surface area contributed by atoms with E-state index in [9.17, 15) is 30.3 Å². The van der Waals surface area contributed by atoms with Crippen LogP contribution in [0.15, 0.2) is 45.8 Å². The molecular formula is C23H24O11. The first-order chi connectivity index (χ1) is 16.3. The number of hydrogen-bond donors (Lipinski definition) is 5. The monoisotopic (exact) mass is 476 g/mol. The van der Waals surface area contributed by atoms with E-state index in [4.69, 9.17) is 23.4 Å².